The van der Waals surface area contributed by atoms with Crippen LogP contribution in [0.3, 0.4) is 0 Å². The number of Topliss-reactive ketones (excluding diaryl/α,β-unsaturated/α-hetero) is 1. The number of halogens is 1. The lowest BCUT2D eigenvalue weighted by atomic mass is 9.87. The van der Waals surface area contributed by atoms with Crippen molar-refractivity contribution < 1.29 is 43.3 Å². The number of aliphatic hydroxyl groups excluding tert-OH is 2. The van der Waals surface area contributed by atoms with E-state index < -0.39 is 35.8 Å². The third kappa shape index (κ3) is 6.79. The minimum absolute atomic E-state index is 0.000217. The fourth-order valence-corrected chi connectivity index (χ4v) is 4.82. The molecule has 1 aromatic carbocycles. The second-order valence-electron chi connectivity index (χ2n) is 8.51. The zero-order chi connectivity index (χ0) is 27.8. The number of nitrogens with one attached hydrogen (secondary N) is 1. The standard InChI is InChI=1S/C26H29IN2O9/c1-3-20(32)26(35)29(12-15-4-7-37-14-15)19-10-17(25(34)28-5-6-30)11-21(23(19)33)38-24-18(27)8-16(13-31)9-22(24)36-2/h4,7-9,11,13-14,19,21,23,30,33H,3,5-6,10,12H2,1-2H3,(H,28,34)/t19-,21+,23+/m1/s1. The third-order valence-electron chi connectivity index (χ3n) is 6.01. The highest BCUT2D eigenvalue weighted by molar-refractivity contribution is 14.1. The average molecular weight is 640 g/mol. The molecule has 0 saturated carbocycles. The van der Waals surface area contributed by atoms with Gasteiger partial charge in [-0.25, -0.2) is 0 Å². The first kappa shape index (κ1) is 29.3. The average Bonchev–Trinajstić information content (AvgIpc) is 3.44. The Bertz CT molecular complexity index is 1200. The molecule has 0 saturated heterocycles. The predicted octanol–water partition coefficient (Wildman–Crippen LogP) is 1.63. The van der Waals surface area contributed by atoms with Crippen molar-refractivity contribution in [2.24, 2.45) is 0 Å². The molecule has 0 spiro atoms. The molecule has 38 heavy (non-hydrogen) atoms. The summed E-state index contributed by atoms with van der Waals surface area (Å²) >= 11 is 1.96. The maximum Gasteiger partial charge on any atom is 0.290 e. The van der Waals surface area contributed by atoms with Gasteiger partial charge in [0.05, 0.1) is 35.9 Å². The molecular weight excluding hydrogens is 611 g/mol. The van der Waals surface area contributed by atoms with E-state index in [4.69, 9.17) is 19.0 Å². The van der Waals surface area contributed by atoms with Gasteiger partial charge in [0.1, 0.15) is 18.5 Å². The van der Waals surface area contributed by atoms with E-state index in [1.54, 1.807) is 19.1 Å². The first-order valence-electron chi connectivity index (χ1n) is 11.9. The van der Waals surface area contributed by atoms with Crippen LogP contribution in [0.25, 0.3) is 0 Å². The number of furan rings is 1. The Morgan fingerprint density at radius 2 is 2.08 bits per heavy atom. The molecule has 3 atom stereocenters. The van der Waals surface area contributed by atoms with Crippen molar-refractivity contribution >= 4 is 46.5 Å². The predicted molar refractivity (Wildman–Crippen MR) is 143 cm³/mol. The molecule has 1 aliphatic rings. The normalized spacial score (nSPS) is 18.8. The topological polar surface area (TPSA) is 156 Å². The van der Waals surface area contributed by atoms with Crippen LogP contribution in [-0.4, -0.2) is 77.5 Å². The summed E-state index contributed by atoms with van der Waals surface area (Å²) in [6, 6.07) is 3.66. The number of aldehydes is 1. The molecule has 1 aromatic heterocycles. The minimum Gasteiger partial charge on any atom is -0.493 e. The molecule has 204 valence electrons. The molecule has 12 heteroatoms. The maximum absolute atomic E-state index is 13.2. The van der Waals surface area contributed by atoms with Crippen LogP contribution in [0.5, 0.6) is 11.5 Å². The van der Waals surface area contributed by atoms with Gasteiger partial charge in [0, 0.05) is 42.6 Å². The monoisotopic (exact) mass is 640 g/mol. The second-order valence-corrected chi connectivity index (χ2v) is 9.67. The number of carbonyl (C=O) groups excluding carboxylic acids is 4. The zero-order valence-corrected chi connectivity index (χ0v) is 23.0. The number of methoxy groups -OCH3 is 1. The molecule has 2 amide bonds. The van der Waals surface area contributed by atoms with Gasteiger partial charge in [0.15, 0.2) is 11.5 Å². The van der Waals surface area contributed by atoms with Crippen molar-refractivity contribution in [2.45, 2.75) is 44.6 Å². The second kappa shape index (κ2) is 13.5. The molecule has 11 nitrogen and oxygen atoms in total. The lowest BCUT2D eigenvalue weighted by Crippen LogP contribution is -2.56. The van der Waals surface area contributed by atoms with Gasteiger partial charge in [-0.3, -0.25) is 19.2 Å². The number of amides is 2. The Labute approximate surface area is 232 Å². The van der Waals surface area contributed by atoms with Gasteiger partial charge in [0.25, 0.3) is 5.91 Å². The quantitative estimate of drug-likeness (QED) is 0.178. The van der Waals surface area contributed by atoms with Gasteiger partial charge in [-0.1, -0.05) is 6.92 Å². The molecular formula is C26H29IN2O9. The van der Waals surface area contributed by atoms with Crippen LogP contribution in [0.2, 0.25) is 0 Å². The zero-order valence-electron chi connectivity index (χ0n) is 20.9. The first-order valence-corrected chi connectivity index (χ1v) is 12.9. The Balaban J connectivity index is 2.05. The number of ether oxygens (including phenoxy) is 2. The van der Waals surface area contributed by atoms with Crippen LogP contribution >= 0.6 is 22.6 Å². The van der Waals surface area contributed by atoms with E-state index >= 15 is 0 Å². The third-order valence-corrected chi connectivity index (χ3v) is 6.81. The number of hydrogen-bond donors (Lipinski definition) is 3. The number of carbonyl (C=O) groups is 4. The van der Waals surface area contributed by atoms with Crippen molar-refractivity contribution in [3.8, 4) is 11.5 Å². The van der Waals surface area contributed by atoms with Crippen LogP contribution in [0.4, 0.5) is 0 Å². The first-order chi connectivity index (χ1) is 18.2. The van der Waals surface area contributed by atoms with E-state index in [1.807, 2.05) is 22.6 Å². The van der Waals surface area contributed by atoms with E-state index in [0.717, 1.165) is 0 Å². The number of benzene rings is 1. The van der Waals surface area contributed by atoms with Gasteiger partial charge >= 0.3 is 0 Å². The number of aliphatic hydroxyl groups is 2. The van der Waals surface area contributed by atoms with Crippen LogP contribution in [0, 0.1) is 3.57 Å². The summed E-state index contributed by atoms with van der Waals surface area (Å²) in [5.41, 5.74) is 1.15. The van der Waals surface area contributed by atoms with Gasteiger partial charge in [0.2, 0.25) is 11.7 Å². The molecule has 1 aliphatic carbocycles. The van der Waals surface area contributed by atoms with Crippen molar-refractivity contribution in [1.29, 1.82) is 0 Å². The highest BCUT2D eigenvalue weighted by Crippen LogP contribution is 2.37. The fraction of sp³-hybridized carbons (Fsp3) is 0.385. The van der Waals surface area contributed by atoms with E-state index in [2.05, 4.69) is 5.32 Å². The van der Waals surface area contributed by atoms with E-state index in [1.165, 1.54) is 36.7 Å². The van der Waals surface area contributed by atoms with Crippen LogP contribution in [0.1, 0.15) is 35.7 Å². The summed E-state index contributed by atoms with van der Waals surface area (Å²) in [7, 11) is 1.40. The smallest absolute Gasteiger partial charge is 0.290 e. The summed E-state index contributed by atoms with van der Waals surface area (Å²) in [5.74, 6) is -1.51. The fourth-order valence-electron chi connectivity index (χ4n) is 4.07. The molecule has 0 aliphatic heterocycles. The van der Waals surface area contributed by atoms with E-state index in [0.29, 0.717) is 21.0 Å². The van der Waals surface area contributed by atoms with Crippen molar-refractivity contribution in [3.63, 3.8) is 0 Å². The summed E-state index contributed by atoms with van der Waals surface area (Å²) in [6.07, 6.45) is 2.35. The molecule has 3 N–H and O–H groups in total. The van der Waals surface area contributed by atoms with Gasteiger partial charge in [-0.15, -0.1) is 0 Å². The Kier molecular flexibility index (Phi) is 10.4. The highest BCUT2D eigenvalue weighted by atomic mass is 127. The number of nitrogens with zero attached hydrogens (tertiary/aromatic N) is 1. The van der Waals surface area contributed by atoms with Crippen LogP contribution in [-0.2, 0) is 20.9 Å². The molecule has 1 heterocycles. The minimum atomic E-state index is -1.35. The molecule has 2 aromatic rings. The van der Waals surface area contributed by atoms with Gasteiger partial charge in [-0.2, -0.15) is 0 Å². The SMILES string of the molecule is CCC(=O)C(=O)N(Cc1ccoc1)[C@@H]1CC(C(=O)NCCO)=C[C@H](Oc2c(I)cc(C=O)cc2OC)[C@H]1O. The summed E-state index contributed by atoms with van der Waals surface area (Å²) < 4.78 is 17.2. The summed E-state index contributed by atoms with van der Waals surface area (Å²) in [4.78, 5) is 51.0. The Morgan fingerprint density at radius 1 is 1.32 bits per heavy atom. The number of ketones is 1. The number of rotatable bonds is 12. The van der Waals surface area contributed by atoms with Gasteiger partial charge < -0.3 is 34.3 Å². The molecule has 0 radical (unpaired) electrons. The van der Waals surface area contributed by atoms with Crippen LogP contribution in [0.15, 0.2) is 46.8 Å². The molecule has 3 rings (SSSR count). The van der Waals surface area contributed by atoms with Crippen molar-refractivity contribution in [1.82, 2.24) is 10.2 Å². The summed E-state index contributed by atoms with van der Waals surface area (Å²) in [6.45, 7) is 1.24. The largest absolute Gasteiger partial charge is 0.493 e. The lowest BCUT2D eigenvalue weighted by molar-refractivity contribution is -0.149. The summed E-state index contributed by atoms with van der Waals surface area (Å²) in [5, 5.41) is 23.2. The van der Waals surface area contributed by atoms with Crippen LogP contribution < -0.4 is 14.8 Å². The van der Waals surface area contributed by atoms with E-state index in [-0.39, 0.29) is 49.6 Å². The lowest BCUT2D eigenvalue weighted by Gasteiger charge is -2.40. The molecule has 0 unspecified atom stereocenters. The highest BCUT2D eigenvalue weighted by Gasteiger charge is 2.42. The Hall–Kier alpha value is -3.23. The maximum atomic E-state index is 13.2. The molecule has 0 fully saturated rings. The van der Waals surface area contributed by atoms with E-state index in [9.17, 15) is 24.3 Å². The van der Waals surface area contributed by atoms with Gasteiger partial charge in [-0.05, 0) is 46.9 Å². The van der Waals surface area contributed by atoms with Crippen molar-refractivity contribution in [3.05, 3.63) is 57.1 Å². The Morgan fingerprint density at radius 3 is 2.68 bits per heavy atom. The number of hydrogen-bond acceptors (Lipinski definition) is 9. The molecule has 0 bridgehead atoms. The van der Waals surface area contributed by atoms with Crippen molar-refractivity contribution in [2.75, 3.05) is 20.3 Å².